The molecule has 2 aliphatic heterocycles. The van der Waals surface area contributed by atoms with Crippen LogP contribution in [0.4, 0.5) is 5.69 Å². The Labute approximate surface area is 207 Å². The number of fused-ring (bicyclic) bond motifs is 4. The molecule has 2 aliphatic rings. The summed E-state index contributed by atoms with van der Waals surface area (Å²) in [5, 5.41) is 12.5. The number of nitro benzene ring substituents is 1. The Bertz CT molecular complexity index is 1520. The molecule has 8 heteroatoms. The van der Waals surface area contributed by atoms with Crippen LogP contribution in [0.3, 0.4) is 0 Å². The number of hydrogen-bond acceptors (Lipinski definition) is 4. The Morgan fingerprint density at radius 2 is 1.81 bits per heavy atom. The van der Waals surface area contributed by atoms with Crippen molar-refractivity contribution >= 4 is 28.4 Å². The van der Waals surface area contributed by atoms with Crippen LogP contribution in [0.5, 0.6) is 0 Å². The van der Waals surface area contributed by atoms with Crippen LogP contribution in [0, 0.1) is 17.0 Å². The average molecular weight is 481 g/mol. The Hall–Kier alpha value is -4.46. The molecule has 1 N–H and O–H groups in total. The number of nitrogens with one attached hydrogen (secondary N) is 1. The standard InChI is InChI=1S/C28H24N4O4/c1-17-9-11-18(12-10-17)15-30-16-25(33)31-24(28(30)34)14-22-21-7-2-3-8-23(21)29-26(22)27(31)19-5-4-6-20(13-19)32(35)36/h2-13,24,27,29H,14-16H2,1H3/t24-,27?/m1/s1. The summed E-state index contributed by atoms with van der Waals surface area (Å²) in [6.07, 6.45) is 0.389. The summed E-state index contributed by atoms with van der Waals surface area (Å²) >= 11 is 0. The number of para-hydroxylation sites is 1. The van der Waals surface area contributed by atoms with Gasteiger partial charge >= 0.3 is 0 Å². The van der Waals surface area contributed by atoms with E-state index in [1.165, 1.54) is 12.1 Å². The van der Waals surface area contributed by atoms with Gasteiger partial charge in [-0.1, -0.05) is 60.2 Å². The number of hydrogen-bond donors (Lipinski definition) is 1. The fraction of sp³-hybridized carbons (Fsp3) is 0.214. The molecule has 0 bridgehead atoms. The highest BCUT2D eigenvalue weighted by atomic mass is 16.6. The minimum absolute atomic E-state index is 0.0375. The molecule has 8 nitrogen and oxygen atoms in total. The zero-order chi connectivity index (χ0) is 25.0. The van der Waals surface area contributed by atoms with Gasteiger partial charge in [-0.05, 0) is 29.7 Å². The molecule has 0 aliphatic carbocycles. The van der Waals surface area contributed by atoms with Crippen molar-refractivity contribution < 1.29 is 14.5 Å². The lowest BCUT2D eigenvalue weighted by molar-refractivity contribution is -0.384. The van der Waals surface area contributed by atoms with Crippen LogP contribution < -0.4 is 0 Å². The molecule has 2 atom stereocenters. The molecule has 1 fully saturated rings. The van der Waals surface area contributed by atoms with Crippen molar-refractivity contribution in [1.29, 1.82) is 0 Å². The normalized spacial score (nSPS) is 19.4. The number of aromatic nitrogens is 1. The number of carbonyl (C=O) groups excluding carboxylic acids is 2. The Morgan fingerprint density at radius 3 is 2.58 bits per heavy atom. The van der Waals surface area contributed by atoms with Gasteiger partial charge < -0.3 is 14.8 Å². The minimum atomic E-state index is -0.687. The summed E-state index contributed by atoms with van der Waals surface area (Å²) in [5.41, 5.74) is 5.34. The molecule has 36 heavy (non-hydrogen) atoms. The van der Waals surface area contributed by atoms with E-state index >= 15 is 0 Å². The van der Waals surface area contributed by atoms with Crippen LogP contribution in [-0.2, 0) is 22.6 Å². The molecule has 2 amide bonds. The van der Waals surface area contributed by atoms with Gasteiger partial charge in [0.05, 0.1) is 11.0 Å². The van der Waals surface area contributed by atoms with E-state index in [0.29, 0.717) is 18.5 Å². The van der Waals surface area contributed by atoms with Crippen molar-refractivity contribution in [2.75, 3.05) is 6.54 Å². The first kappa shape index (κ1) is 22.0. The smallest absolute Gasteiger partial charge is 0.269 e. The first-order valence-electron chi connectivity index (χ1n) is 11.9. The van der Waals surface area contributed by atoms with Gasteiger partial charge in [-0.3, -0.25) is 19.7 Å². The molecule has 1 unspecified atom stereocenters. The van der Waals surface area contributed by atoms with Crippen LogP contribution in [0.15, 0.2) is 72.8 Å². The average Bonchev–Trinajstić information content (AvgIpc) is 3.25. The Kier molecular flexibility index (Phi) is 5.10. The summed E-state index contributed by atoms with van der Waals surface area (Å²) in [6.45, 7) is 2.33. The van der Waals surface area contributed by atoms with Crippen molar-refractivity contribution in [3.05, 3.63) is 111 Å². The van der Waals surface area contributed by atoms with Gasteiger partial charge in [0, 0.05) is 41.7 Å². The number of H-pyrrole nitrogens is 1. The van der Waals surface area contributed by atoms with Gasteiger partial charge in [0.25, 0.3) is 5.69 Å². The lowest BCUT2D eigenvalue weighted by Crippen LogP contribution is -2.62. The number of amides is 2. The maximum Gasteiger partial charge on any atom is 0.269 e. The second-order valence-corrected chi connectivity index (χ2v) is 9.52. The van der Waals surface area contributed by atoms with Crippen molar-refractivity contribution in [3.8, 4) is 0 Å². The molecule has 0 saturated carbocycles. The highest BCUT2D eigenvalue weighted by molar-refractivity contribution is 5.97. The molecule has 0 radical (unpaired) electrons. The zero-order valence-electron chi connectivity index (χ0n) is 19.7. The molecular formula is C28H24N4O4. The molecule has 6 rings (SSSR count). The molecule has 180 valence electrons. The first-order valence-corrected chi connectivity index (χ1v) is 11.9. The number of piperazine rings is 1. The Morgan fingerprint density at radius 1 is 1.03 bits per heavy atom. The van der Waals surface area contributed by atoms with E-state index in [0.717, 1.165) is 33.3 Å². The van der Waals surface area contributed by atoms with Gasteiger partial charge in [-0.25, -0.2) is 0 Å². The largest absolute Gasteiger partial charge is 0.356 e. The van der Waals surface area contributed by atoms with E-state index in [1.807, 2.05) is 55.5 Å². The van der Waals surface area contributed by atoms with Crippen LogP contribution in [0.1, 0.15) is 34.0 Å². The number of aromatic amines is 1. The van der Waals surface area contributed by atoms with Crippen molar-refractivity contribution in [3.63, 3.8) is 0 Å². The number of aryl methyl sites for hydroxylation is 1. The van der Waals surface area contributed by atoms with Crippen LogP contribution in [-0.4, -0.2) is 44.1 Å². The highest BCUT2D eigenvalue weighted by Gasteiger charge is 2.48. The van der Waals surface area contributed by atoms with Gasteiger partial charge in [0.15, 0.2) is 0 Å². The van der Waals surface area contributed by atoms with E-state index < -0.39 is 17.0 Å². The molecule has 3 aromatic carbocycles. The summed E-state index contributed by atoms with van der Waals surface area (Å²) < 4.78 is 0. The summed E-state index contributed by atoms with van der Waals surface area (Å²) in [5.74, 6) is -0.283. The molecule has 0 spiro atoms. The second-order valence-electron chi connectivity index (χ2n) is 9.52. The highest BCUT2D eigenvalue weighted by Crippen LogP contribution is 2.43. The first-order chi connectivity index (χ1) is 17.4. The third-order valence-corrected chi connectivity index (χ3v) is 7.23. The topological polar surface area (TPSA) is 99.5 Å². The predicted molar refractivity (Wildman–Crippen MR) is 134 cm³/mol. The number of benzene rings is 3. The zero-order valence-corrected chi connectivity index (χ0v) is 19.7. The summed E-state index contributed by atoms with van der Waals surface area (Å²) in [6, 6.07) is 20.8. The molecule has 1 saturated heterocycles. The lowest BCUT2D eigenvalue weighted by atomic mass is 9.86. The third-order valence-electron chi connectivity index (χ3n) is 7.23. The maximum absolute atomic E-state index is 13.8. The molecule has 4 aromatic rings. The monoisotopic (exact) mass is 480 g/mol. The fourth-order valence-corrected chi connectivity index (χ4v) is 5.53. The van der Waals surface area contributed by atoms with Gasteiger partial charge in [0.1, 0.15) is 12.6 Å². The molecule has 3 heterocycles. The van der Waals surface area contributed by atoms with Crippen LogP contribution >= 0.6 is 0 Å². The van der Waals surface area contributed by atoms with Crippen molar-refractivity contribution in [1.82, 2.24) is 14.8 Å². The quantitative estimate of drug-likeness (QED) is 0.348. The van der Waals surface area contributed by atoms with Crippen molar-refractivity contribution in [2.24, 2.45) is 0 Å². The number of rotatable bonds is 4. The summed E-state index contributed by atoms with van der Waals surface area (Å²) in [7, 11) is 0. The maximum atomic E-state index is 13.8. The van der Waals surface area contributed by atoms with Gasteiger partial charge in [-0.2, -0.15) is 0 Å². The molecular weight excluding hydrogens is 456 g/mol. The lowest BCUT2D eigenvalue weighted by Gasteiger charge is -2.47. The number of non-ortho nitro benzene ring substituents is 1. The van der Waals surface area contributed by atoms with E-state index in [2.05, 4.69) is 4.98 Å². The van der Waals surface area contributed by atoms with E-state index in [9.17, 15) is 19.7 Å². The van der Waals surface area contributed by atoms with E-state index in [1.54, 1.807) is 21.9 Å². The number of carbonyl (C=O) groups is 2. The molecule has 1 aromatic heterocycles. The van der Waals surface area contributed by atoms with E-state index in [-0.39, 0.29) is 24.0 Å². The third kappa shape index (κ3) is 3.53. The predicted octanol–water partition coefficient (Wildman–Crippen LogP) is 4.27. The fourth-order valence-electron chi connectivity index (χ4n) is 5.53. The van der Waals surface area contributed by atoms with Crippen LogP contribution in [0.25, 0.3) is 10.9 Å². The van der Waals surface area contributed by atoms with Gasteiger partial charge in [-0.15, -0.1) is 0 Å². The van der Waals surface area contributed by atoms with Crippen molar-refractivity contribution in [2.45, 2.75) is 32.0 Å². The van der Waals surface area contributed by atoms with E-state index in [4.69, 9.17) is 0 Å². The second kappa shape index (κ2) is 8.34. The minimum Gasteiger partial charge on any atom is -0.356 e. The van der Waals surface area contributed by atoms with Gasteiger partial charge in [0.2, 0.25) is 11.8 Å². The SMILES string of the molecule is Cc1ccc(CN2CC(=O)N3C(c4cccc([N+](=O)[O-])c4)c4[nH]c5ccccc5c4C[C@@H]3C2=O)cc1. The summed E-state index contributed by atoms with van der Waals surface area (Å²) in [4.78, 5) is 45.2. The number of nitro groups is 1. The number of nitrogens with zero attached hydrogens (tertiary/aromatic N) is 3. The Balaban J connectivity index is 1.46. The van der Waals surface area contributed by atoms with Crippen LogP contribution in [0.2, 0.25) is 0 Å².